The Hall–Kier alpha value is -2.41. The Morgan fingerprint density at radius 2 is 2.22 bits per heavy atom. The first kappa shape index (κ1) is 19.4. The second-order valence-corrected chi connectivity index (χ2v) is 7.25. The molecule has 1 amide bonds. The fourth-order valence-electron chi connectivity index (χ4n) is 3.82. The van der Waals surface area contributed by atoms with Gasteiger partial charge in [0, 0.05) is 25.3 Å². The number of piperidine rings is 1. The minimum Gasteiger partial charge on any atom is -0.493 e. The molecule has 1 atom stereocenters. The van der Waals surface area contributed by atoms with E-state index in [-0.39, 0.29) is 5.56 Å². The average molecular weight is 372 g/mol. The van der Waals surface area contributed by atoms with E-state index in [1.54, 1.807) is 18.3 Å². The van der Waals surface area contributed by atoms with Crippen LogP contribution < -0.4 is 10.9 Å². The fraction of sp³-hybridized carbons (Fsp3) is 0.550. The lowest BCUT2D eigenvalue weighted by molar-refractivity contribution is 0.0942. The van der Waals surface area contributed by atoms with Crippen molar-refractivity contribution in [2.75, 3.05) is 19.6 Å². The molecule has 1 saturated heterocycles. The maximum atomic E-state index is 12.6. The van der Waals surface area contributed by atoms with Gasteiger partial charge in [0.25, 0.3) is 11.5 Å². The Bertz CT molecular complexity index is 877. The summed E-state index contributed by atoms with van der Waals surface area (Å²) in [7, 11) is 0. The number of nitrogens with one attached hydrogen (secondary N) is 1. The Labute approximate surface area is 159 Å². The zero-order valence-corrected chi connectivity index (χ0v) is 16.1. The van der Waals surface area contributed by atoms with Crippen molar-refractivity contribution in [1.82, 2.24) is 19.6 Å². The van der Waals surface area contributed by atoms with E-state index in [1.165, 1.54) is 23.7 Å². The molecule has 2 N–H and O–H groups in total. The van der Waals surface area contributed by atoms with Crippen LogP contribution in [0.4, 0.5) is 0 Å². The number of rotatable bonds is 6. The van der Waals surface area contributed by atoms with Crippen LogP contribution in [-0.4, -0.2) is 51.0 Å². The van der Waals surface area contributed by atoms with Crippen molar-refractivity contribution in [2.24, 2.45) is 0 Å². The number of aromatic nitrogens is 2. The third-order valence-electron chi connectivity index (χ3n) is 5.32. The van der Waals surface area contributed by atoms with Crippen LogP contribution in [0, 0.1) is 6.92 Å². The van der Waals surface area contributed by atoms with Crippen LogP contribution in [0.15, 0.2) is 23.1 Å². The Morgan fingerprint density at radius 3 is 3.00 bits per heavy atom. The highest BCUT2D eigenvalue weighted by atomic mass is 16.3. The van der Waals surface area contributed by atoms with Gasteiger partial charge in [-0.05, 0) is 56.8 Å². The molecule has 3 heterocycles. The number of likely N-dealkylation sites (tertiary alicyclic amines) is 1. The summed E-state index contributed by atoms with van der Waals surface area (Å²) >= 11 is 0. The van der Waals surface area contributed by atoms with E-state index >= 15 is 0 Å². The molecule has 7 nitrogen and oxygen atoms in total. The van der Waals surface area contributed by atoms with E-state index in [1.807, 2.05) is 6.92 Å². The van der Waals surface area contributed by atoms with Gasteiger partial charge in [0.15, 0.2) is 5.56 Å². The van der Waals surface area contributed by atoms with Crippen molar-refractivity contribution >= 4 is 11.6 Å². The quantitative estimate of drug-likeness (QED) is 0.758. The maximum Gasteiger partial charge on any atom is 0.274 e. The molecule has 3 rings (SSSR count). The lowest BCUT2D eigenvalue weighted by atomic mass is 10.00. The molecule has 1 fully saturated rings. The zero-order valence-electron chi connectivity index (χ0n) is 16.1. The Kier molecular flexibility index (Phi) is 6.11. The number of amides is 1. The van der Waals surface area contributed by atoms with Gasteiger partial charge < -0.3 is 15.3 Å². The van der Waals surface area contributed by atoms with Crippen molar-refractivity contribution in [1.29, 1.82) is 0 Å². The first-order valence-corrected chi connectivity index (χ1v) is 9.75. The van der Waals surface area contributed by atoms with E-state index in [0.29, 0.717) is 18.2 Å². The highest BCUT2D eigenvalue weighted by Gasteiger charge is 2.21. The predicted molar refractivity (Wildman–Crippen MR) is 104 cm³/mol. The smallest absolute Gasteiger partial charge is 0.274 e. The van der Waals surface area contributed by atoms with E-state index in [2.05, 4.69) is 22.1 Å². The standard InChI is InChI=1S/C20H28N4O3/c1-3-15-7-4-5-10-23(15)11-6-9-21-18(25)17-19(26)22-16-13-14(2)8-12-24(16)20(17)27/h8,12-13,15,26H,3-7,9-11H2,1-2H3,(H,21,25)/t15-/m1/s1. The first-order chi connectivity index (χ1) is 13.0. The lowest BCUT2D eigenvalue weighted by Gasteiger charge is -2.35. The number of pyridine rings is 1. The molecule has 2 aromatic heterocycles. The Balaban J connectivity index is 1.63. The van der Waals surface area contributed by atoms with Crippen LogP contribution in [0.1, 0.15) is 54.9 Å². The summed E-state index contributed by atoms with van der Waals surface area (Å²) < 4.78 is 1.28. The second-order valence-electron chi connectivity index (χ2n) is 7.25. The van der Waals surface area contributed by atoms with Crippen LogP contribution in [0.3, 0.4) is 0 Å². The Morgan fingerprint density at radius 1 is 1.41 bits per heavy atom. The minimum absolute atomic E-state index is 0.305. The van der Waals surface area contributed by atoms with Crippen molar-refractivity contribution in [3.05, 3.63) is 39.8 Å². The number of aromatic hydroxyl groups is 1. The normalized spacial score (nSPS) is 17.9. The van der Waals surface area contributed by atoms with Crippen molar-refractivity contribution < 1.29 is 9.90 Å². The molecule has 1 aliphatic rings. The summed E-state index contributed by atoms with van der Waals surface area (Å²) in [6.07, 6.45) is 7.30. The molecule has 146 valence electrons. The van der Waals surface area contributed by atoms with Gasteiger partial charge >= 0.3 is 0 Å². The average Bonchev–Trinajstić information content (AvgIpc) is 2.65. The molecule has 7 heteroatoms. The van der Waals surface area contributed by atoms with E-state index in [0.717, 1.165) is 31.5 Å². The van der Waals surface area contributed by atoms with Crippen LogP contribution in [0.5, 0.6) is 5.88 Å². The number of nitrogens with zero attached hydrogens (tertiary/aromatic N) is 3. The summed E-state index contributed by atoms with van der Waals surface area (Å²) in [5.74, 6) is -1.10. The molecule has 0 aromatic carbocycles. The summed E-state index contributed by atoms with van der Waals surface area (Å²) in [5.41, 5.74) is 0.379. The zero-order chi connectivity index (χ0) is 19.4. The highest BCUT2D eigenvalue weighted by Crippen LogP contribution is 2.19. The van der Waals surface area contributed by atoms with E-state index in [9.17, 15) is 14.7 Å². The topological polar surface area (TPSA) is 86.9 Å². The third-order valence-corrected chi connectivity index (χ3v) is 5.32. The van der Waals surface area contributed by atoms with Crippen LogP contribution in [0.2, 0.25) is 0 Å². The van der Waals surface area contributed by atoms with Gasteiger partial charge in [-0.1, -0.05) is 13.3 Å². The summed E-state index contributed by atoms with van der Waals surface area (Å²) in [5, 5.41) is 12.8. The molecule has 1 aliphatic heterocycles. The maximum absolute atomic E-state index is 12.6. The van der Waals surface area contributed by atoms with E-state index < -0.39 is 17.3 Å². The number of carbonyl (C=O) groups excluding carboxylic acids is 1. The van der Waals surface area contributed by atoms with Gasteiger partial charge in [-0.25, -0.2) is 0 Å². The SMILES string of the molecule is CC[C@@H]1CCCCN1CCCNC(=O)c1c(O)nc2cc(C)ccn2c1=O. The van der Waals surface area contributed by atoms with Gasteiger partial charge in [-0.2, -0.15) is 4.98 Å². The molecule has 0 aliphatic carbocycles. The molecule has 0 bridgehead atoms. The van der Waals surface area contributed by atoms with Gasteiger partial charge in [0.1, 0.15) is 5.65 Å². The molecular weight excluding hydrogens is 344 g/mol. The monoisotopic (exact) mass is 372 g/mol. The molecular formula is C20H28N4O3. The molecule has 0 unspecified atom stereocenters. The minimum atomic E-state index is -0.578. The van der Waals surface area contributed by atoms with Crippen LogP contribution >= 0.6 is 0 Å². The summed E-state index contributed by atoms with van der Waals surface area (Å²) in [6, 6.07) is 4.08. The summed E-state index contributed by atoms with van der Waals surface area (Å²) in [4.78, 5) is 31.5. The van der Waals surface area contributed by atoms with Gasteiger partial charge in [0.2, 0.25) is 5.88 Å². The lowest BCUT2D eigenvalue weighted by Crippen LogP contribution is -2.41. The van der Waals surface area contributed by atoms with Crippen molar-refractivity contribution in [3.63, 3.8) is 0 Å². The molecule has 0 saturated carbocycles. The van der Waals surface area contributed by atoms with Gasteiger partial charge in [-0.15, -0.1) is 0 Å². The highest BCUT2D eigenvalue weighted by molar-refractivity contribution is 5.96. The van der Waals surface area contributed by atoms with Gasteiger partial charge in [0.05, 0.1) is 0 Å². The molecule has 0 radical (unpaired) electrons. The fourth-order valence-corrected chi connectivity index (χ4v) is 3.82. The number of fused-ring (bicyclic) bond motifs is 1. The first-order valence-electron chi connectivity index (χ1n) is 9.75. The van der Waals surface area contributed by atoms with Crippen molar-refractivity contribution in [2.45, 2.75) is 52.0 Å². The molecule has 0 spiro atoms. The number of aryl methyl sites for hydroxylation is 1. The number of hydrogen-bond donors (Lipinski definition) is 2. The van der Waals surface area contributed by atoms with Crippen molar-refractivity contribution in [3.8, 4) is 5.88 Å². The third kappa shape index (κ3) is 4.30. The predicted octanol–water partition coefficient (Wildman–Crippen LogP) is 2.09. The largest absolute Gasteiger partial charge is 0.493 e. The van der Waals surface area contributed by atoms with E-state index in [4.69, 9.17) is 0 Å². The second kappa shape index (κ2) is 8.52. The van der Waals surface area contributed by atoms with Crippen LogP contribution in [-0.2, 0) is 0 Å². The number of carbonyl (C=O) groups is 1. The van der Waals surface area contributed by atoms with Crippen LogP contribution in [0.25, 0.3) is 5.65 Å². The summed E-state index contributed by atoms with van der Waals surface area (Å²) in [6.45, 7) is 6.59. The van der Waals surface area contributed by atoms with Gasteiger partial charge in [-0.3, -0.25) is 14.0 Å². The molecule has 2 aromatic rings. The molecule has 27 heavy (non-hydrogen) atoms. The number of hydrogen-bond acceptors (Lipinski definition) is 5.